The van der Waals surface area contributed by atoms with E-state index in [9.17, 15) is 0 Å². The summed E-state index contributed by atoms with van der Waals surface area (Å²) >= 11 is 5.90. The molecule has 1 aromatic rings. The summed E-state index contributed by atoms with van der Waals surface area (Å²) < 4.78 is 0. The predicted octanol–water partition coefficient (Wildman–Crippen LogP) is 3.22. The topological polar surface area (TPSA) is 16.1 Å². The zero-order chi connectivity index (χ0) is 10.8. The van der Waals surface area contributed by atoms with Crippen LogP contribution in [-0.4, -0.2) is 18.1 Å². The van der Waals surface area contributed by atoms with E-state index in [0.29, 0.717) is 5.15 Å². The third-order valence-electron chi connectivity index (χ3n) is 2.94. The summed E-state index contributed by atoms with van der Waals surface area (Å²) in [5.41, 5.74) is 1.20. The molecule has 0 aliphatic carbocycles. The first-order chi connectivity index (χ1) is 7.15. The van der Waals surface area contributed by atoms with Crippen molar-refractivity contribution in [1.82, 2.24) is 4.98 Å². The van der Waals surface area contributed by atoms with Crippen molar-refractivity contribution >= 4 is 17.3 Å². The van der Waals surface area contributed by atoms with E-state index in [1.165, 1.54) is 12.1 Å². The van der Waals surface area contributed by atoms with E-state index in [-0.39, 0.29) is 0 Å². The molecule has 2 heterocycles. The van der Waals surface area contributed by atoms with Gasteiger partial charge in [0.15, 0.2) is 0 Å². The van der Waals surface area contributed by atoms with E-state index in [0.717, 1.165) is 24.9 Å². The van der Waals surface area contributed by atoms with E-state index in [4.69, 9.17) is 11.6 Å². The molecule has 1 aliphatic heterocycles. The van der Waals surface area contributed by atoms with Crippen molar-refractivity contribution in [2.75, 3.05) is 18.0 Å². The fraction of sp³-hybridized carbons (Fsp3) is 0.583. The van der Waals surface area contributed by atoms with Gasteiger partial charge in [0.2, 0.25) is 0 Å². The molecule has 0 spiro atoms. The molecule has 3 heteroatoms. The number of aromatic nitrogens is 1. The van der Waals surface area contributed by atoms with Gasteiger partial charge < -0.3 is 4.90 Å². The summed E-state index contributed by atoms with van der Waals surface area (Å²) in [6, 6.07) is 3.99. The molecule has 0 amide bonds. The minimum Gasteiger partial charge on any atom is -0.371 e. The molecule has 0 aromatic carbocycles. The minimum atomic E-state index is 0.582. The molecule has 1 aromatic heterocycles. The number of hydrogen-bond acceptors (Lipinski definition) is 2. The van der Waals surface area contributed by atoms with Crippen molar-refractivity contribution in [2.45, 2.75) is 20.3 Å². The molecule has 1 aliphatic rings. The Kier molecular flexibility index (Phi) is 3.15. The van der Waals surface area contributed by atoms with Gasteiger partial charge in [-0.1, -0.05) is 25.4 Å². The quantitative estimate of drug-likeness (QED) is 0.681. The van der Waals surface area contributed by atoms with Gasteiger partial charge in [0.25, 0.3) is 0 Å². The second-order valence-electron chi connectivity index (χ2n) is 4.69. The van der Waals surface area contributed by atoms with Gasteiger partial charge in [-0.2, -0.15) is 0 Å². The highest BCUT2D eigenvalue weighted by molar-refractivity contribution is 6.29. The lowest BCUT2D eigenvalue weighted by Crippen LogP contribution is -2.38. The highest BCUT2D eigenvalue weighted by Crippen LogP contribution is 2.26. The van der Waals surface area contributed by atoms with E-state index in [1.54, 1.807) is 6.20 Å². The third-order valence-corrected chi connectivity index (χ3v) is 3.15. The molecular weight excluding hydrogens is 208 g/mol. The van der Waals surface area contributed by atoms with Crippen molar-refractivity contribution in [3.05, 3.63) is 23.5 Å². The van der Waals surface area contributed by atoms with Crippen molar-refractivity contribution in [1.29, 1.82) is 0 Å². The summed E-state index contributed by atoms with van der Waals surface area (Å²) in [7, 11) is 0. The molecule has 2 nitrogen and oxygen atoms in total. The first-order valence-corrected chi connectivity index (χ1v) is 5.89. The zero-order valence-electron chi connectivity index (χ0n) is 9.28. The van der Waals surface area contributed by atoms with Gasteiger partial charge in [0.1, 0.15) is 5.15 Å². The van der Waals surface area contributed by atoms with Crippen molar-refractivity contribution in [3.63, 3.8) is 0 Å². The maximum atomic E-state index is 5.90. The smallest absolute Gasteiger partial charge is 0.131 e. The fourth-order valence-corrected chi connectivity index (χ4v) is 2.63. The van der Waals surface area contributed by atoms with E-state index in [1.807, 2.05) is 12.1 Å². The molecule has 82 valence electrons. The Balaban J connectivity index is 2.16. The van der Waals surface area contributed by atoms with Crippen LogP contribution in [0.1, 0.15) is 20.3 Å². The number of nitrogens with zero attached hydrogens (tertiary/aromatic N) is 2. The molecule has 1 saturated heterocycles. The van der Waals surface area contributed by atoms with Crippen LogP contribution in [0.4, 0.5) is 5.69 Å². The normalized spacial score (nSPS) is 26.7. The Bertz CT molecular complexity index is 330. The van der Waals surface area contributed by atoms with Crippen LogP contribution in [0, 0.1) is 11.8 Å². The van der Waals surface area contributed by atoms with Crippen LogP contribution in [0.15, 0.2) is 18.3 Å². The summed E-state index contributed by atoms with van der Waals surface area (Å²) in [5, 5.41) is 0.582. The molecule has 0 N–H and O–H groups in total. The Morgan fingerprint density at radius 3 is 2.60 bits per heavy atom. The maximum absolute atomic E-state index is 5.90. The minimum absolute atomic E-state index is 0.582. The highest BCUT2D eigenvalue weighted by Gasteiger charge is 2.21. The number of hydrogen-bond donors (Lipinski definition) is 0. The SMILES string of the molecule is C[C@@H]1C[C@@H](C)CN(c2ccnc(Cl)c2)C1. The summed E-state index contributed by atoms with van der Waals surface area (Å²) in [6.45, 7) is 6.88. The van der Waals surface area contributed by atoms with E-state index < -0.39 is 0 Å². The van der Waals surface area contributed by atoms with Crippen LogP contribution < -0.4 is 4.90 Å². The molecule has 0 bridgehead atoms. The first kappa shape index (κ1) is 10.7. The van der Waals surface area contributed by atoms with Crippen molar-refractivity contribution in [2.24, 2.45) is 11.8 Å². The lowest BCUT2D eigenvalue weighted by molar-refractivity contribution is 0.357. The fourth-order valence-electron chi connectivity index (χ4n) is 2.46. The molecule has 1 fully saturated rings. The van der Waals surface area contributed by atoms with Crippen LogP contribution in [0.25, 0.3) is 0 Å². The van der Waals surface area contributed by atoms with Crippen LogP contribution in [0.2, 0.25) is 5.15 Å². The number of halogens is 1. The van der Waals surface area contributed by atoms with Crippen LogP contribution >= 0.6 is 11.6 Å². The molecular formula is C12H17ClN2. The second-order valence-corrected chi connectivity index (χ2v) is 5.08. The molecule has 0 radical (unpaired) electrons. The predicted molar refractivity (Wildman–Crippen MR) is 64.4 cm³/mol. The Morgan fingerprint density at radius 2 is 2.00 bits per heavy atom. The van der Waals surface area contributed by atoms with Gasteiger partial charge in [-0.3, -0.25) is 0 Å². The van der Waals surface area contributed by atoms with Gasteiger partial charge in [-0.05, 0) is 30.4 Å². The molecule has 2 rings (SSSR count). The van der Waals surface area contributed by atoms with Gasteiger partial charge in [-0.15, -0.1) is 0 Å². The Morgan fingerprint density at radius 1 is 1.33 bits per heavy atom. The van der Waals surface area contributed by atoms with Crippen LogP contribution in [-0.2, 0) is 0 Å². The van der Waals surface area contributed by atoms with Gasteiger partial charge >= 0.3 is 0 Å². The monoisotopic (exact) mass is 224 g/mol. The molecule has 0 saturated carbocycles. The molecule has 0 unspecified atom stereocenters. The molecule has 15 heavy (non-hydrogen) atoms. The van der Waals surface area contributed by atoms with Gasteiger partial charge in [-0.25, -0.2) is 4.98 Å². The highest BCUT2D eigenvalue weighted by atomic mass is 35.5. The van der Waals surface area contributed by atoms with E-state index in [2.05, 4.69) is 23.7 Å². The van der Waals surface area contributed by atoms with Gasteiger partial charge in [0, 0.05) is 25.0 Å². The number of anilines is 1. The standard InChI is InChI=1S/C12H17ClN2/c1-9-5-10(2)8-15(7-9)11-3-4-14-12(13)6-11/h3-4,6,9-10H,5,7-8H2,1-2H3/t9-,10-/m1/s1. The average molecular weight is 225 g/mol. The van der Waals surface area contributed by atoms with Crippen molar-refractivity contribution < 1.29 is 0 Å². The van der Waals surface area contributed by atoms with Gasteiger partial charge in [0.05, 0.1) is 0 Å². The summed E-state index contributed by atoms with van der Waals surface area (Å²) in [4.78, 5) is 6.42. The number of pyridine rings is 1. The largest absolute Gasteiger partial charge is 0.371 e. The van der Waals surface area contributed by atoms with Crippen molar-refractivity contribution in [3.8, 4) is 0 Å². The third kappa shape index (κ3) is 2.63. The summed E-state index contributed by atoms with van der Waals surface area (Å²) in [6.07, 6.45) is 3.11. The summed E-state index contributed by atoms with van der Waals surface area (Å²) in [5.74, 6) is 1.53. The number of piperidine rings is 1. The zero-order valence-corrected chi connectivity index (χ0v) is 10.0. The average Bonchev–Trinajstić information content (AvgIpc) is 2.16. The van der Waals surface area contributed by atoms with E-state index >= 15 is 0 Å². The van der Waals surface area contributed by atoms with Crippen LogP contribution in [0.3, 0.4) is 0 Å². The molecule has 2 atom stereocenters. The van der Waals surface area contributed by atoms with Crippen LogP contribution in [0.5, 0.6) is 0 Å². The number of rotatable bonds is 1. The second kappa shape index (κ2) is 4.40. The lowest BCUT2D eigenvalue weighted by Gasteiger charge is -2.36. The first-order valence-electron chi connectivity index (χ1n) is 5.51. The Labute approximate surface area is 96.3 Å². The maximum Gasteiger partial charge on any atom is 0.131 e. The Hall–Kier alpha value is -0.760. The lowest BCUT2D eigenvalue weighted by atomic mass is 9.91.